The van der Waals surface area contributed by atoms with E-state index >= 15 is 0 Å². The first kappa shape index (κ1) is 33.0. The number of benzene rings is 1. The summed E-state index contributed by atoms with van der Waals surface area (Å²) in [5.74, 6) is -46.8. The van der Waals surface area contributed by atoms with Gasteiger partial charge in [0, 0.05) is 13.5 Å². The molecule has 0 saturated carbocycles. The molecule has 0 N–H and O–H groups in total. The van der Waals surface area contributed by atoms with Gasteiger partial charge in [-0.2, -0.15) is 65.9 Å². The van der Waals surface area contributed by atoms with Gasteiger partial charge in [-0.1, -0.05) is 19.1 Å². The number of hydrogen-bond acceptors (Lipinski definition) is 2. The molecule has 0 aromatic heterocycles. The van der Waals surface area contributed by atoms with Crippen molar-refractivity contribution in [1.29, 1.82) is 0 Å². The largest absolute Gasteiger partial charge is 0.491 e. The number of alkyl halides is 15. The van der Waals surface area contributed by atoms with Crippen molar-refractivity contribution < 1.29 is 75.3 Å². The molecule has 2 unspecified atom stereocenters. The Bertz CT molecular complexity index is 911. The average molecular weight is 576 g/mol. The summed E-state index contributed by atoms with van der Waals surface area (Å²) in [7, 11) is 0.589. The van der Waals surface area contributed by atoms with E-state index in [9.17, 15) is 65.9 Å². The molecule has 0 aliphatic heterocycles. The zero-order valence-corrected chi connectivity index (χ0v) is 18.9. The van der Waals surface area contributed by atoms with Gasteiger partial charge in [-0.3, -0.25) is 0 Å². The van der Waals surface area contributed by atoms with Gasteiger partial charge in [0.15, 0.2) is 0 Å². The van der Waals surface area contributed by atoms with Crippen LogP contribution in [0.15, 0.2) is 24.3 Å². The molecule has 2 atom stereocenters. The minimum absolute atomic E-state index is 0.0603. The van der Waals surface area contributed by atoms with Crippen LogP contribution in [0.4, 0.5) is 65.9 Å². The maximum Gasteiger partial charge on any atom is 0.460 e. The predicted octanol–water partition coefficient (Wildman–Crippen LogP) is 8.32. The van der Waals surface area contributed by atoms with E-state index in [1.165, 1.54) is 6.07 Å². The van der Waals surface area contributed by atoms with Crippen molar-refractivity contribution in [3.63, 3.8) is 0 Å². The lowest BCUT2D eigenvalue weighted by Gasteiger charge is -2.42. The molecule has 0 aliphatic rings. The Morgan fingerprint density at radius 2 is 1.16 bits per heavy atom. The number of methoxy groups -OCH3 is 1. The normalized spacial score (nSPS) is 16.5. The minimum atomic E-state index is -8.32. The van der Waals surface area contributed by atoms with Gasteiger partial charge in [-0.15, -0.1) is 0 Å². The molecule has 0 aliphatic carbocycles. The standard InChI is InChI=1S/C20H19F15O2/c1-4-10(2)37-12-7-5-6-11(8-12)13(36-3)9-14(21,22)15(23,24)16(25,26)17(27,28)18(29,30)19(31,32)20(33,34)35/h5-8,10,13H,4,9H2,1-3H3. The van der Waals surface area contributed by atoms with Crippen LogP contribution < -0.4 is 4.74 Å². The molecule has 0 spiro atoms. The summed E-state index contributed by atoms with van der Waals surface area (Å²) in [6.45, 7) is 3.24. The highest BCUT2D eigenvalue weighted by Gasteiger charge is 2.93. The van der Waals surface area contributed by atoms with Gasteiger partial charge in [0.2, 0.25) is 0 Å². The fourth-order valence-corrected chi connectivity index (χ4v) is 2.80. The summed E-state index contributed by atoms with van der Waals surface area (Å²) < 4.78 is 211. The third-order valence-corrected chi connectivity index (χ3v) is 5.26. The van der Waals surface area contributed by atoms with E-state index in [-0.39, 0.29) is 5.75 Å². The second-order valence-electron chi connectivity index (χ2n) is 7.91. The first-order valence-corrected chi connectivity index (χ1v) is 9.98. The minimum Gasteiger partial charge on any atom is -0.491 e. The molecule has 216 valence electrons. The van der Waals surface area contributed by atoms with E-state index in [1.807, 2.05) is 0 Å². The molecule has 17 heteroatoms. The molecule has 0 saturated heterocycles. The van der Waals surface area contributed by atoms with Crippen molar-refractivity contribution in [2.24, 2.45) is 0 Å². The second-order valence-corrected chi connectivity index (χ2v) is 7.91. The van der Waals surface area contributed by atoms with Crippen molar-refractivity contribution in [2.45, 2.75) is 80.6 Å². The van der Waals surface area contributed by atoms with Gasteiger partial charge in [-0.25, -0.2) is 0 Å². The van der Waals surface area contributed by atoms with E-state index < -0.39 is 65.9 Å². The monoisotopic (exact) mass is 576 g/mol. The third-order valence-electron chi connectivity index (χ3n) is 5.26. The summed E-state index contributed by atoms with van der Waals surface area (Å²) in [6, 6.07) is 4.21. The molecule has 0 fully saturated rings. The van der Waals surface area contributed by atoms with E-state index in [0.717, 1.165) is 18.2 Å². The summed E-state index contributed by atoms with van der Waals surface area (Å²) in [5.41, 5.74) is -0.470. The lowest BCUT2D eigenvalue weighted by molar-refractivity contribution is -0.453. The number of halogens is 15. The van der Waals surface area contributed by atoms with Crippen LogP contribution in [0.2, 0.25) is 0 Å². The van der Waals surface area contributed by atoms with E-state index in [0.29, 0.717) is 13.5 Å². The van der Waals surface area contributed by atoms with Crippen molar-refractivity contribution in [2.75, 3.05) is 7.11 Å². The first-order chi connectivity index (χ1) is 16.4. The Kier molecular flexibility index (Phi) is 9.13. The van der Waals surface area contributed by atoms with Crippen molar-refractivity contribution in [3.8, 4) is 5.75 Å². The van der Waals surface area contributed by atoms with Crippen LogP contribution in [-0.4, -0.2) is 54.9 Å². The van der Waals surface area contributed by atoms with E-state index in [4.69, 9.17) is 4.74 Å². The van der Waals surface area contributed by atoms with Gasteiger partial charge in [0.25, 0.3) is 0 Å². The molecule has 0 bridgehead atoms. The molecular weight excluding hydrogens is 557 g/mol. The van der Waals surface area contributed by atoms with Crippen molar-refractivity contribution in [1.82, 2.24) is 0 Å². The van der Waals surface area contributed by atoms with Crippen molar-refractivity contribution in [3.05, 3.63) is 29.8 Å². The van der Waals surface area contributed by atoms with Crippen LogP contribution in [0.3, 0.4) is 0 Å². The highest BCUT2D eigenvalue weighted by molar-refractivity contribution is 5.30. The Hall–Kier alpha value is -2.07. The summed E-state index contributed by atoms with van der Waals surface area (Å²) in [4.78, 5) is 0. The lowest BCUT2D eigenvalue weighted by Crippen LogP contribution is -2.72. The highest BCUT2D eigenvalue weighted by atomic mass is 19.4. The maximum atomic E-state index is 14.3. The second kappa shape index (κ2) is 10.2. The quantitative estimate of drug-likeness (QED) is 0.233. The van der Waals surface area contributed by atoms with Crippen LogP contribution in [0.1, 0.15) is 38.4 Å². The van der Waals surface area contributed by atoms with Crippen LogP contribution in [0.25, 0.3) is 0 Å². The van der Waals surface area contributed by atoms with Gasteiger partial charge < -0.3 is 9.47 Å². The van der Waals surface area contributed by atoms with Gasteiger partial charge >= 0.3 is 41.7 Å². The third kappa shape index (κ3) is 5.55. The molecule has 1 rings (SSSR count). The smallest absolute Gasteiger partial charge is 0.460 e. The summed E-state index contributed by atoms with van der Waals surface area (Å²) >= 11 is 0. The highest BCUT2D eigenvalue weighted by Crippen LogP contribution is 2.63. The Morgan fingerprint density at radius 3 is 1.59 bits per heavy atom. The maximum absolute atomic E-state index is 14.3. The predicted molar refractivity (Wildman–Crippen MR) is 96.9 cm³/mol. The molecule has 0 amide bonds. The molecule has 1 aromatic carbocycles. The van der Waals surface area contributed by atoms with Gasteiger partial charge in [0.05, 0.1) is 12.2 Å². The molecule has 1 aromatic rings. The molecule has 0 heterocycles. The topological polar surface area (TPSA) is 18.5 Å². The summed E-state index contributed by atoms with van der Waals surface area (Å²) in [6.07, 6.45) is -12.6. The van der Waals surface area contributed by atoms with E-state index in [1.54, 1.807) is 13.8 Å². The zero-order chi connectivity index (χ0) is 29.5. The average Bonchev–Trinajstić information content (AvgIpc) is 2.76. The van der Waals surface area contributed by atoms with Crippen LogP contribution in [0.5, 0.6) is 5.75 Å². The van der Waals surface area contributed by atoms with Crippen molar-refractivity contribution >= 4 is 0 Å². The molecule has 2 nitrogen and oxygen atoms in total. The molecular formula is C20H19F15O2. The zero-order valence-electron chi connectivity index (χ0n) is 18.9. The molecule has 37 heavy (non-hydrogen) atoms. The van der Waals surface area contributed by atoms with Crippen LogP contribution in [0, 0.1) is 0 Å². The first-order valence-electron chi connectivity index (χ1n) is 9.98. The Labute approximate surface area is 199 Å². The summed E-state index contributed by atoms with van der Waals surface area (Å²) in [5, 5.41) is 0. The number of hydrogen-bond donors (Lipinski definition) is 0. The van der Waals surface area contributed by atoms with E-state index in [2.05, 4.69) is 4.74 Å². The van der Waals surface area contributed by atoms with Gasteiger partial charge in [-0.05, 0) is 31.0 Å². The fourth-order valence-electron chi connectivity index (χ4n) is 2.80. The van der Waals surface area contributed by atoms with Crippen LogP contribution >= 0.6 is 0 Å². The number of ether oxygens (including phenoxy) is 2. The SMILES string of the molecule is CCC(C)Oc1cccc(C(CC(F)(F)C(F)(F)C(F)(F)C(F)(F)C(F)(F)C(F)(F)C(F)(F)F)OC)c1. The number of rotatable bonds is 12. The Balaban J connectivity index is 3.46. The fraction of sp³-hybridized carbons (Fsp3) is 0.700. The van der Waals surface area contributed by atoms with Crippen LogP contribution in [-0.2, 0) is 4.74 Å². The Morgan fingerprint density at radius 1 is 0.703 bits per heavy atom. The van der Waals surface area contributed by atoms with Gasteiger partial charge in [0.1, 0.15) is 5.75 Å². The molecule has 0 radical (unpaired) electrons. The lowest BCUT2D eigenvalue weighted by atomic mass is 9.88.